The molecule has 0 fully saturated rings. The van der Waals surface area contributed by atoms with Gasteiger partial charge in [0.1, 0.15) is 5.88 Å². The molecule has 0 aromatic carbocycles. The summed E-state index contributed by atoms with van der Waals surface area (Å²) in [4.78, 5) is 4.10. The van der Waals surface area contributed by atoms with Gasteiger partial charge in [0.15, 0.2) is 5.82 Å². The number of rotatable bonds is 2. The normalized spacial score (nSPS) is 12.0. The van der Waals surface area contributed by atoms with Crippen molar-refractivity contribution in [2.75, 3.05) is 0 Å². The summed E-state index contributed by atoms with van der Waals surface area (Å²) >= 11 is 5.52. The number of hydrogen-bond acceptors (Lipinski definition) is 3. The Balaban J connectivity index is 2.64. The first kappa shape index (κ1) is 9.52. The van der Waals surface area contributed by atoms with Crippen LogP contribution < -0.4 is 0 Å². The van der Waals surface area contributed by atoms with E-state index in [-0.39, 0.29) is 11.3 Å². The molecule has 0 spiro atoms. The third kappa shape index (κ3) is 2.81. The lowest BCUT2D eigenvalue weighted by atomic mass is 9.92. The fourth-order valence-electron chi connectivity index (χ4n) is 0.891. The van der Waals surface area contributed by atoms with E-state index >= 15 is 0 Å². The van der Waals surface area contributed by atoms with E-state index in [0.717, 1.165) is 12.2 Å². The predicted molar refractivity (Wildman–Crippen MR) is 47.0 cm³/mol. The second-order valence-electron chi connectivity index (χ2n) is 3.98. The van der Waals surface area contributed by atoms with Crippen LogP contribution in [0.25, 0.3) is 0 Å². The highest BCUT2D eigenvalue weighted by Crippen LogP contribution is 2.18. The smallest absolute Gasteiger partial charge is 0.241 e. The van der Waals surface area contributed by atoms with E-state index in [1.165, 1.54) is 0 Å². The van der Waals surface area contributed by atoms with Gasteiger partial charge in [-0.2, -0.15) is 4.98 Å². The molecule has 0 bridgehead atoms. The van der Waals surface area contributed by atoms with Crippen molar-refractivity contribution in [1.82, 2.24) is 10.1 Å². The molecule has 1 heterocycles. The van der Waals surface area contributed by atoms with Crippen LogP contribution >= 0.6 is 11.6 Å². The highest BCUT2D eigenvalue weighted by molar-refractivity contribution is 6.16. The summed E-state index contributed by atoms with van der Waals surface area (Å²) < 4.78 is 4.87. The molecule has 68 valence electrons. The Morgan fingerprint density at radius 1 is 1.42 bits per heavy atom. The van der Waals surface area contributed by atoms with Crippen molar-refractivity contribution in [3.8, 4) is 0 Å². The Labute approximate surface area is 77.1 Å². The first-order chi connectivity index (χ1) is 5.51. The van der Waals surface area contributed by atoms with Crippen molar-refractivity contribution in [2.24, 2.45) is 5.41 Å². The summed E-state index contributed by atoms with van der Waals surface area (Å²) in [6.45, 7) is 6.39. The Morgan fingerprint density at radius 3 is 2.50 bits per heavy atom. The molecule has 0 aliphatic carbocycles. The van der Waals surface area contributed by atoms with Crippen molar-refractivity contribution in [1.29, 1.82) is 0 Å². The second kappa shape index (κ2) is 3.44. The maximum Gasteiger partial charge on any atom is 0.241 e. The van der Waals surface area contributed by atoms with Crippen LogP contribution in [-0.4, -0.2) is 10.1 Å². The molecule has 0 aliphatic rings. The zero-order valence-electron chi connectivity index (χ0n) is 7.59. The maximum atomic E-state index is 5.52. The number of hydrogen-bond donors (Lipinski definition) is 0. The number of alkyl halides is 1. The molecule has 1 aromatic rings. The molecule has 1 aromatic heterocycles. The van der Waals surface area contributed by atoms with Crippen LogP contribution in [0.2, 0.25) is 0 Å². The predicted octanol–water partition coefficient (Wildman–Crippen LogP) is 2.40. The number of nitrogens with zero attached hydrogens (tertiary/aromatic N) is 2. The third-order valence-corrected chi connectivity index (χ3v) is 1.54. The Morgan fingerprint density at radius 2 is 2.08 bits per heavy atom. The Hall–Kier alpha value is -0.570. The molecular formula is C8H13ClN2O. The van der Waals surface area contributed by atoms with Gasteiger partial charge in [0, 0.05) is 6.42 Å². The van der Waals surface area contributed by atoms with E-state index in [9.17, 15) is 0 Å². The average molecular weight is 189 g/mol. The number of aromatic nitrogens is 2. The SMILES string of the molecule is CC(C)(C)Cc1noc(CCl)n1. The third-order valence-electron chi connectivity index (χ3n) is 1.31. The molecular weight excluding hydrogens is 176 g/mol. The average Bonchev–Trinajstić information content (AvgIpc) is 2.32. The Bertz CT molecular complexity index is 252. The molecule has 0 saturated heterocycles. The van der Waals surface area contributed by atoms with Gasteiger partial charge in [-0.05, 0) is 5.41 Å². The zero-order valence-corrected chi connectivity index (χ0v) is 8.35. The first-order valence-corrected chi connectivity index (χ1v) is 4.42. The van der Waals surface area contributed by atoms with E-state index in [1.54, 1.807) is 0 Å². The summed E-state index contributed by atoms with van der Waals surface area (Å²) in [5.74, 6) is 1.52. The highest BCUT2D eigenvalue weighted by Gasteiger charge is 2.15. The second-order valence-corrected chi connectivity index (χ2v) is 4.24. The molecule has 0 unspecified atom stereocenters. The van der Waals surface area contributed by atoms with Gasteiger partial charge in [0.05, 0.1) is 0 Å². The van der Waals surface area contributed by atoms with Gasteiger partial charge < -0.3 is 4.52 Å². The summed E-state index contributed by atoms with van der Waals surface area (Å²) in [5, 5.41) is 3.80. The summed E-state index contributed by atoms with van der Waals surface area (Å²) in [7, 11) is 0. The quantitative estimate of drug-likeness (QED) is 0.669. The van der Waals surface area contributed by atoms with Crippen molar-refractivity contribution in [3.63, 3.8) is 0 Å². The lowest BCUT2D eigenvalue weighted by molar-refractivity contribution is 0.360. The molecule has 12 heavy (non-hydrogen) atoms. The monoisotopic (exact) mass is 188 g/mol. The summed E-state index contributed by atoms with van der Waals surface area (Å²) in [6, 6.07) is 0. The standard InChI is InChI=1S/C8H13ClN2O/c1-8(2,3)4-6-10-7(5-9)12-11-6/h4-5H2,1-3H3. The molecule has 4 heteroatoms. The Kier molecular flexibility index (Phi) is 2.73. The minimum absolute atomic E-state index is 0.188. The molecule has 0 aliphatic heterocycles. The van der Waals surface area contributed by atoms with E-state index in [0.29, 0.717) is 5.89 Å². The molecule has 0 radical (unpaired) electrons. The van der Waals surface area contributed by atoms with Gasteiger partial charge in [-0.1, -0.05) is 25.9 Å². The van der Waals surface area contributed by atoms with Crippen LogP contribution in [0.5, 0.6) is 0 Å². The van der Waals surface area contributed by atoms with Crippen molar-refractivity contribution in [2.45, 2.75) is 33.1 Å². The first-order valence-electron chi connectivity index (χ1n) is 3.89. The van der Waals surface area contributed by atoms with E-state index < -0.39 is 0 Å². The fraction of sp³-hybridized carbons (Fsp3) is 0.750. The molecule has 0 N–H and O–H groups in total. The van der Waals surface area contributed by atoms with Gasteiger partial charge in [0.25, 0.3) is 0 Å². The van der Waals surface area contributed by atoms with Gasteiger partial charge in [-0.25, -0.2) is 0 Å². The highest BCUT2D eigenvalue weighted by atomic mass is 35.5. The largest absolute Gasteiger partial charge is 0.338 e. The van der Waals surface area contributed by atoms with Gasteiger partial charge in [-0.15, -0.1) is 11.6 Å². The van der Waals surface area contributed by atoms with Gasteiger partial charge >= 0.3 is 0 Å². The van der Waals surface area contributed by atoms with Crippen LogP contribution in [0, 0.1) is 5.41 Å². The molecule has 0 saturated carbocycles. The van der Waals surface area contributed by atoms with Crippen LogP contribution in [0.15, 0.2) is 4.52 Å². The van der Waals surface area contributed by atoms with Crippen LogP contribution in [0.3, 0.4) is 0 Å². The van der Waals surface area contributed by atoms with Crippen molar-refractivity contribution in [3.05, 3.63) is 11.7 Å². The van der Waals surface area contributed by atoms with Gasteiger partial charge in [-0.3, -0.25) is 0 Å². The molecule has 0 atom stereocenters. The number of halogens is 1. The zero-order chi connectivity index (χ0) is 9.19. The van der Waals surface area contributed by atoms with Gasteiger partial charge in [0.2, 0.25) is 5.89 Å². The lowest BCUT2D eigenvalue weighted by Crippen LogP contribution is -2.10. The van der Waals surface area contributed by atoms with Crippen LogP contribution in [0.4, 0.5) is 0 Å². The van der Waals surface area contributed by atoms with E-state index in [2.05, 4.69) is 30.9 Å². The summed E-state index contributed by atoms with van der Waals surface area (Å²) in [6.07, 6.45) is 0.813. The minimum atomic E-state index is 0.188. The molecule has 3 nitrogen and oxygen atoms in total. The van der Waals surface area contributed by atoms with Crippen LogP contribution in [0.1, 0.15) is 32.5 Å². The fourth-order valence-corrected chi connectivity index (χ4v) is 0.999. The minimum Gasteiger partial charge on any atom is -0.338 e. The van der Waals surface area contributed by atoms with Crippen molar-refractivity contribution < 1.29 is 4.52 Å². The van der Waals surface area contributed by atoms with Crippen molar-refractivity contribution >= 4 is 11.6 Å². The molecule has 0 amide bonds. The maximum absolute atomic E-state index is 5.52. The van der Waals surface area contributed by atoms with Crippen LogP contribution in [-0.2, 0) is 12.3 Å². The molecule has 1 rings (SSSR count). The topological polar surface area (TPSA) is 38.9 Å². The lowest BCUT2D eigenvalue weighted by Gasteiger charge is -2.14. The van der Waals surface area contributed by atoms with E-state index in [1.807, 2.05) is 0 Å². The van der Waals surface area contributed by atoms with E-state index in [4.69, 9.17) is 16.1 Å². The summed E-state index contributed by atoms with van der Waals surface area (Å²) in [5.41, 5.74) is 0.188.